The van der Waals surface area contributed by atoms with Crippen LogP contribution in [0.2, 0.25) is 0 Å². The average Bonchev–Trinajstić information content (AvgIpc) is 2.27. The number of carbonyl (C=O) groups excluding carboxylic acids is 1. The number of amides is 1. The summed E-state index contributed by atoms with van der Waals surface area (Å²) in [6, 6.07) is 0.594. The molecule has 1 saturated carbocycles. The highest BCUT2D eigenvalue weighted by Crippen LogP contribution is 2.43. The zero-order valence-electron chi connectivity index (χ0n) is 11.3. The Morgan fingerprint density at radius 1 is 1.33 bits per heavy atom. The van der Waals surface area contributed by atoms with E-state index < -0.39 is 5.41 Å². The lowest BCUT2D eigenvalue weighted by Gasteiger charge is -2.45. The maximum Gasteiger partial charge on any atom is 0.235 e. The van der Waals surface area contributed by atoms with Gasteiger partial charge in [-0.15, -0.1) is 0 Å². The summed E-state index contributed by atoms with van der Waals surface area (Å²) in [5.74, 6) is 0.179. The quantitative estimate of drug-likeness (QED) is 0.777. The Hall–Kier alpha value is -0.680. The van der Waals surface area contributed by atoms with Crippen LogP contribution in [0.5, 0.6) is 0 Å². The highest BCUT2D eigenvalue weighted by atomic mass is 32.1. The fourth-order valence-electron chi connectivity index (χ4n) is 2.98. The van der Waals surface area contributed by atoms with Gasteiger partial charge in [-0.05, 0) is 39.8 Å². The first-order chi connectivity index (χ1) is 8.47. The van der Waals surface area contributed by atoms with Crippen molar-refractivity contribution in [1.29, 1.82) is 0 Å². The molecule has 102 valence electrons. The second-order valence-corrected chi connectivity index (χ2v) is 6.23. The van der Waals surface area contributed by atoms with Gasteiger partial charge < -0.3 is 15.5 Å². The van der Waals surface area contributed by atoms with Gasteiger partial charge in [-0.3, -0.25) is 4.79 Å². The van der Waals surface area contributed by atoms with Crippen LogP contribution >= 0.6 is 12.2 Å². The monoisotopic (exact) mass is 269 g/mol. The molecule has 2 N–H and O–H groups in total. The summed E-state index contributed by atoms with van der Waals surface area (Å²) in [6.07, 6.45) is 4.85. The van der Waals surface area contributed by atoms with Crippen molar-refractivity contribution >= 4 is 23.1 Å². The van der Waals surface area contributed by atoms with Gasteiger partial charge in [0.05, 0.1) is 10.4 Å². The summed E-state index contributed by atoms with van der Waals surface area (Å²) in [6.45, 7) is 1.68. The summed E-state index contributed by atoms with van der Waals surface area (Å²) in [5.41, 5.74) is 5.29. The van der Waals surface area contributed by atoms with Gasteiger partial charge in [0, 0.05) is 19.1 Å². The third-order valence-electron chi connectivity index (χ3n) is 4.57. The molecule has 0 aromatic carbocycles. The van der Waals surface area contributed by atoms with Crippen molar-refractivity contribution in [2.24, 2.45) is 11.1 Å². The number of nitrogens with zero attached hydrogens (tertiary/aromatic N) is 2. The van der Waals surface area contributed by atoms with E-state index in [0.29, 0.717) is 11.0 Å². The Labute approximate surface area is 114 Å². The molecule has 0 bridgehead atoms. The summed E-state index contributed by atoms with van der Waals surface area (Å²) < 4.78 is 0. The smallest absolute Gasteiger partial charge is 0.235 e. The molecule has 1 saturated heterocycles. The molecule has 2 aliphatic rings. The zero-order chi connectivity index (χ0) is 13.3. The van der Waals surface area contributed by atoms with Gasteiger partial charge in [0.25, 0.3) is 0 Å². The number of hydrogen-bond donors (Lipinski definition) is 1. The molecule has 0 radical (unpaired) electrons. The molecule has 0 spiro atoms. The van der Waals surface area contributed by atoms with Gasteiger partial charge >= 0.3 is 0 Å². The molecule has 5 heteroatoms. The third-order valence-corrected chi connectivity index (χ3v) is 4.96. The molecule has 2 fully saturated rings. The normalized spacial score (nSPS) is 23.8. The predicted octanol–water partition coefficient (Wildman–Crippen LogP) is 0.995. The maximum atomic E-state index is 12.6. The van der Waals surface area contributed by atoms with Crippen molar-refractivity contribution in [2.75, 3.05) is 27.2 Å². The van der Waals surface area contributed by atoms with Gasteiger partial charge in [0.15, 0.2) is 0 Å². The van der Waals surface area contributed by atoms with Crippen LogP contribution < -0.4 is 5.73 Å². The molecule has 0 unspecified atom stereocenters. The molecule has 1 aliphatic heterocycles. The summed E-state index contributed by atoms with van der Waals surface area (Å²) in [7, 11) is 4.20. The number of thiocarbonyl (C=S) groups is 1. The van der Waals surface area contributed by atoms with Crippen LogP contribution in [0.4, 0.5) is 0 Å². The minimum absolute atomic E-state index is 0.179. The molecule has 2 rings (SSSR count). The van der Waals surface area contributed by atoms with Gasteiger partial charge in [0.1, 0.15) is 0 Å². The zero-order valence-corrected chi connectivity index (χ0v) is 12.1. The van der Waals surface area contributed by atoms with Crippen LogP contribution in [0.25, 0.3) is 0 Å². The van der Waals surface area contributed by atoms with E-state index in [-0.39, 0.29) is 5.91 Å². The Bertz CT molecular complexity index is 344. The number of piperidine rings is 1. The lowest BCUT2D eigenvalue weighted by Crippen LogP contribution is -2.56. The van der Waals surface area contributed by atoms with Crippen molar-refractivity contribution in [3.05, 3.63) is 0 Å². The summed E-state index contributed by atoms with van der Waals surface area (Å²) in [5, 5.41) is 0. The Kier molecular flexibility index (Phi) is 3.92. The Morgan fingerprint density at radius 2 is 1.89 bits per heavy atom. The van der Waals surface area contributed by atoms with Crippen molar-refractivity contribution in [1.82, 2.24) is 9.80 Å². The molecule has 0 aromatic heterocycles. The standard InChI is InChI=1S/C13H23N3OS/c1-15(2)10-4-8-16(9-5-10)12(17)13(11(14)18)6-3-7-13/h10H,3-9H2,1-2H3,(H2,14,18). The highest BCUT2D eigenvalue weighted by molar-refractivity contribution is 7.80. The number of carbonyl (C=O) groups is 1. The predicted molar refractivity (Wildman–Crippen MR) is 76.4 cm³/mol. The van der Waals surface area contributed by atoms with E-state index in [1.165, 1.54) is 0 Å². The maximum absolute atomic E-state index is 12.6. The first kappa shape index (κ1) is 13.7. The van der Waals surface area contributed by atoms with E-state index in [9.17, 15) is 4.79 Å². The molecule has 1 amide bonds. The van der Waals surface area contributed by atoms with Gasteiger partial charge in [0.2, 0.25) is 5.91 Å². The van der Waals surface area contributed by atoms with E-state index in [0.717, 1.165) is 45.2 Å². The van der Waals surface area contributed by atoms with Crippen LogP contribution in [0, 0.1) is 5.41 Å². The van der Waals surface area contributed by atoms with Gasteiger partial charge in [-0.2, -0.15) is 0 Å². The van der Waals surface area contributed by atoms with Gasteiger partial charge in [-0.25, -0.2) is 0 Å². The molecular formula is C13H23N3OS. The number of rotatable bonds is 3. The molecular weight excluding hydrogens is 246 g/mol. The molecule has 0 atom stereocenters. The first-order valence-corrected chi connectivity index (χ1v) is 7.14. The van der Waals surface area contributed by atoms with Crippen LogP contribution in [0.15, 0.2) is 0 Å². The van der Waals surface area contributed by atoms with Crippen LogP contribution in [0.3, 0.4) is 0 Å². The number of hydrogen-bond acceptors (Lipinski definition) is 3. The summed E-state index contributed by atoms with van der Waals surface area (Å²) in [4.78, 5) is 17.2. The third kappa shape index (κ3) is 2.26. The van der Waals surface area contributed by atoms with Crippen LogP contribution in [-0.4, -0.2) is 53.9 Å². The second kappa shape index (κ2) is 5.13. The van der Waals surface area contributed by atoms with E-state index >= 15 is 0 Å². The molecule has 1 aliphatic carbocycles. The van der Waals surface area contributed by atoms with E-state index in [4.69, 9.17) is 18.0 Å². The van der Waals surface area contributed by atoms with Crippen molar-refractivity contribution in [3.8, 4) is 0 Å². The van der Waals surface area contributed by atoms with E-state index in [1.54, 1.807) is 0 Å². The molecule has 4 nitrogen and oxygen atoms in total. The number of nitrogens with two attached hydrogens (primary N) is 1. The van der Waals surface area contributed by atoms with Crippen LogP contribution in [-0.2, 0) is 4.79 Å². The number of likely N-dealkylation sites (tertiary alicyclic amines) is 1. The van der Waals surface area contributed by atoms with Crippen LogP contribution in [0.1, 0.15) is 32.1 Å². The van der Waals surface area contributed by atoms with Gasteiger partial charge in [-0.1, -0.05) is 18.6 Å². The first-order valence-electron chi connectivity index (χ1n) is 6.73. The fourth-order valence-corrected chi connectivity index (χ4v) is 3.28. The minimum atomic E-state index is -0.500. The second-order valence-electron chi connectivity index (χ2n) is 5.79. The van der Waals surface area contributed by atoms with Crippen molar-refractivity contribution < 1.29 is 4.79 Å². The molecule has 18 heavy (non-hydrogen) atoms. The van der Waals surface area contributed by atoms with Crippen molar-refractivity contribution in [3.63, 3.8) is 0 Å². The average molecular weight is 269 g/mol. The largest absolute Gasteiger partial charge is 0.392 e. The Morgan fingerprint density at radius 3 is 2.22 bits per heavy atom. The van der Waals surface area contributed by atoms with Crippen molar-refractivity contribution in [2.45, 2.75) is 38.1 Å². The van der Waals surface area contributed by atoms with E-state index in [2.05, 4.69) is 19.0 Å². The lowest BCUT2D eigenvalue weighted by molar-refractivity contribution is -0.143. The SMILES string of the molecule is CN(C)C1CCN(C(=O)C2(C(N)=S)CCC2)CC1. The fraction of sp³-hybridized carbons (Fsp3) is 0.846. The lowest BCUT2D eigenvalue weighted by atomic mass is 9.67. The highest BCUT2D eigenvalue weighted by Gasteiger charge is 2.49. The molecule has 0 aromatic rings. The topological polar surface area (TPSA) is 49.6 Å². The summed E-state index contributed by atoms with van der Waals surface area (Å²) >= 11 is 5.11. The van der Waals surface area contributed by atoms with E-state index in [1.807, 2.05) is 4.90 Å². The Balaban J connectivity index is 1.97. The minimum Gasteiger partial charge on any atom is -0.392 e. The molecule has 1 heterocycles.